The normalized spacial score (nSPS) is 18.7. The van der Waals surface area contributed by atoms with E-state index in [0.717, 1.165) is 11.4 Å². The Balaban J connectivity index is 1.68. The highest BCUT2D eigenvalue weighted by atomic mass is 32.1. The molecule has 7 nitrogen and oxygen atoms in total. The molecule has 1 unspecified atom stereocenters. The van der Waals surface area contributed by atoms with Crippen LogP contribution in [-0.4, -0.2) is 32.1 Å². The molecular weight excluding hydrogens is 240 g/mol. The first-order chi connectivity index (χ1) is 8.33. The first-order valence-corrected chi connectivity index (χ1v) is 6.02. The van der Waals surface area contributed by atoms with Crippen molar-refractivity contribution in [2.45, 2.75) is 19.0 Å². The van der Waals surface area contributed by atoms with Gasteiger partial charge in [-0.15, -0.1) is 10.2 Å². The Morgan fingerprint density at radius 3 is 3.35 bits per heavy atom. The second kappa shape index (κ2) is 4.22. The lowest BCUT2D eigenvalue weighted by Crippen LogP contribution is -2.44. The zero-order valence-electron chi connectivity index (χ0n) is 8.80. The molecule has 8 heteroatoms. The lowest BCUT2D eigenvalue weighted by molar-refractivity contribution is -0.118. The summed E-state index contributed by atoms with van der Waals surface area (Å²) in [6, 6.07) is -0.269. The lowest BCUT2D eigenvalue weighted by Gasteiger charge is -2.21. The van der Waals surface area contributed by atoms with Crippen molar-refractivity contribution in [3.05, 3.63) is 23.2 Å². The fraction of sp³-hybridized carbons (Fsp3) is 0.333. The average molecular weight is 250 g/mol. The van der Waals surface area contributed by atoms with E-state index in [1.54, 1.807) is 11.8 Å². The smallest absolute Gasteiger partial charge is 0.243 e. The average Bonchev–Trinajstić information content (AvgIpc) is 2.97. The molecule has 0 bridgehead atoms. The van der Waals surface area contributed by atoms with Gasteiger partial charge in [-0.3, -0.25) is 15.4 Å². The summed E-state index contributed by atoms with van der Waals surface area (Å²) in [6.07, 6.45) is 2.24. The molecule has 2 aromatic heterocycles. The van der Waals surface area contributed by atoms with Crippen LogP contribution >= 0.6 is 11.3 Å². The van der Waals surface area contributed by atoms with Crippen LogP contribution in [0, 0.1) is 0 Å². The van der Waals surface area contributed by atoms with E-state index in [9.17, 15) is 4.79 Å². The van der Waals surface area contributed by atoms with Crippen molar-refractivity contribution < 1.29 is 4.79 Å². The van der Waals surface area contributed by atoms with Gasteiger partial charge < -0.3 is 4.98 Å². The number of aromatic nitrogens is 4. The van der Waals surface area contributed by atoms with E-state index in [-0.39, 0.29) is 11.9 Å². The number of nitrogens with zero attached hydrogens (tertiary/aromatic N) is 3. The van der Waals surface area contributed by atoms with E-state index in [4.69, 9.17) is 0 Å². The number of aromatic amines is 1. The Morgan fingerprint density at radius 2 is 2.53 bits per heavy atom. The standard InChI is InChI=1S/C9H10N6OS/c16-8(14-9-15-13-4-17-9)6-1-5-7(2-10-6)12-3-11-5/h3-4,6,10H,1-2H2,(H,11,12)(H,14,15,16). The number of H-pyrrole nitrogens is 1. The molecule has 1 aliphatic rings. The third-order valence-corrected chi connectivity index (χ3v) is 3.24. The van der Waals surface area contributed by atoms with Crippen LogP contribution in [0.1, 0.15) is 11.4 Å². The Hall–Kier alpha value is -1.80. The van der Waals surface area contributed by atoms with Gasteiger partial charge in [0.05, 0.1) is 23.8 Å². The van der Waals surface area contributed by atoms with Crippen molar-refractivity contribution in [3.63, 3.8) is 0 Å². The molecule has 0 aromatic carbocycles. The van der Waals surface area contributed by atoms with Crippen LogP contribution in [0.3, 0.4) is 0 Å². The minimum Gasteiger partial charge on any atom is -0.347 e. The number of hydrogen-bond acceptors (Lipinski definition) is 6. The van der Waals surface area contributed by atoms with Gasteiger partial charge >= 0.3 is 0 Å². The SMILES string of the molecule is O=C(Nc1nncs1)C1Cc2nc[nH]c2CN1. The van der Waals surface area contributed by atoms with Crippen molar-refractivity contribution in [1.29, 1.82) is 0 Å². The largest absolute Gasteiger partial charge is 0.347 e. The predicted molar refractivity (Wildman–Crippen MR) is 61.5 cm³/mol. The molecule has 88 valence electrons. The van der Waals surface area contributed by atoms with Crippen LogP contribution in [0.25, 0.3) is 0 Å². The maximum atomic E-state index is 11.9. The molecule has 2 aromatic rings. The lowest BCUT2D eigenvalue weighted by atomic mass is 10.1. The molecule has 3 heterocycles. The maximum absolute atomic E-state index is 11.9. The van der Waals surface area contributed by atoms with E-state index in [1.807, 2.05) is 0 Å². The highest BCUT2D eigenvalue weighted by Crippen LogP contribution is 2.14. The highest BCUT2D eigenvalue weighted by Gasteiger charge is 2.26. The third kappa shape index (κ3) is 2.04. The molecule has 3 rings (SSSR count). The van der Waals surface area contributed by atoms with Gasteiger partial charge in [0.15, 0.2) is 0 Å². The molecule has 0 aliphatic carbocycles. The van der Waals surface area contributed by atoms with E-state index in [2.05, 4.69) is 30.8 Å². The van der Waals surface area contributed by atoms with Crippen LogP contribution in [0.5, 0.6) is 0 Å². The number of carbonyl (C=O) groups is 1. The van der Waals surface area contributed by atoms with Gasteiger partial charge in [-0.2, -0.15) is 0 Å². The highest BCUT2D eigenvalue weighted by molar-refractivity contribution is 7.13. The molecule has 1 amide bonds. The first-order valence-electron chi connectivity index (χ1n) is 5.14. The van der Waals surface area contributed by atoms with Crippen molar-refractivity contribution in [3.8, 4) is 0 Å². The summed E-state index contributed by atoms with van der Waals surface area (Å²) in [5.41, 5.74) is 3.57. The van der Waals surface area contributed by atoms with Gasteiger partial charge in [-0.1, -0.05) is 11.3 Å². The fourth-order valence-electron chi connectivity index (χ4n) is 1.77. The van der Waals surface area contributed by atoms with Crippen molar-refractivity contribution in [2.75, 3.05) is 5.32 Å². The quantitative estimate of drug-likeness (QED) is 0.692. The second-order valence-electron chi connectivity index (χ2n) is 3.70. The molecule has 0 saturated carbocycles. The molecule has 0 fully saturated rings. The molecule has 1 atom stereocenters. The Morgan fingerprint density at radius 1 is 1.59 bits per heavy atom. The number of hydrogen-bond donors (Lipinski definition) is 3. The fourth-order valence-corrected chi connectivity index (χ4v) is 2.22. The van der Waals surface area contributed by atoms with Gasteiger partial charge in [0.25, 0.3) is 0 Å². The van der Waals surface area contributed by atoms with E-state index in [1.165, 1.54) is 11.3 Å². The summed E-state index contributed by atoms with van der Waals surface area (Å²) in [7, 11) is 0. The number of rotatable bonds is 2. The minimum atomic E-state index is -0.269. The van der Waals surface area contributed by atoms with Gasteiger partial charge in [-0.25, -0.2) is 4.98 Å². The summed E-state index contributed by atoms with van der Waals surface area (Å²) in [6.45, 7) is 0.629. The number of anilines is 1. The van der Waals surface area contributed by atoms with Gasteiger partial charge in [0.1, 0.15) is 5.51 Å². The van der Waals surface area contributed by atoms with Crippen LogP contribution < -0.4 is 10.6 Å². The van der Waals surface area contributed by atoms with Gasteiger partial charge in [0, 0.05) is 13.0 Å². The summed E-state index contributed by atoms with van der Waals surface area (Å²) in [4.78, 5) is 19.1. The minimum absolute atomic E-state index is 0.101. The Bertz CT molecular complexity index is 521. The van der Waals surface area contributed by atoms with Gasteiger partial charge in [0.2, 0.25) is 11.0 Å². The first kappa shape index (κ1) is 10.4. The summed E-state index contributed by atoms with van der Waals surface area (Å²) < 4.78 is 0. The molecule has 1 aliphatic heterocycles. The zero-order valence-corrected chi connectivity index (χ0v) is 9.62. The monoisotopic (exact) mass is 250 g/mol. The van der Waals surface area contributed by atoms with Crippen molar-refractivity contribution in [1.82, 2.24) is 25.5 Å². The Labute approximate surface area is 101 Å². The Kier molecular flexibility index (Phi) is 2.57. The topological polar surface area (TPSA) is 95.6 Å². The molecule has 17 heavy (non-hydrogen) atoms. The number of nitrogens with one attached hydrogen (secondary N) is 3. The van der Waals surface area contributed by atoms with Crippen molar-refractivity contribution >= 4 is 22.4 Å². The van der Waals surface area contributed by atoms with E-state index >= 15 is 0 Å². The van der Waals surface area contributed by atoms with Crippen LogP contribution in [0.2, 0.25) is 0 Å². The molecule has 0 saturated heterocycles. The predicted octanol–water partition coefficient (Wildman–Crippen LogP) is -0.0858. The maximum Gasteiger partial charge on any atom is 0.243 e. The van der Waals surface area contributed by atoms with E-state index < -0.39 is 0 Å². The third-order valence-electron chi connectivity index (χ3n) is 2.64. The van der Waals surface area contributed by atoms with E-state index in [0.29, 0.717) is 18.1 Å². The number of amides is 1. The van der Waals surface area contributed by atoms with Crippen LogP contribution in [-0.2, 0) is 17.8 Å². The number of fused-ring (bicyclic) bond motifs is 1. The molecule has 3 N–H and O–H groups in total. The summed E-state index contributed by atoms with van der Waals surface area (Å²) in [5.74, 6) is -0.101. The van der Waals surface area contributed by atoms with Crippen LogP contribution in [0.15, 0.2) is 11.8 Å². The van der Waals surface area contributed by atoms with Crippen LogP contribution in [0.4, 0.5) is 5.13 Å². The summed E-state index contributed by atoms with van der Waals surface area (Å²) in [5, 5.41) is 13.8. The molecule has 0 spiro atoms. The van der Waals surface area contributed by atoms with Gasteiger partial charge in [-0.05, 0) is 0 Å². The summed E-state index contributed by atoms with van der Waals surface area (Å²) >= 11 is 1.30. The number of imidazole rings is 1. The number of carbonyl (C=O) groups excluding carboxylic acids is 1. The molecule has 0 radical (unpaired) electrons. The zero-order chi connectivity index (χ0) is 11.7. The molecular formula is C9H10N6OS. The van der Waals surface area contributed by atoms with Crippen molar-refractivity contribution in [2.24, 2.45) is 0 Å². The second-order valence-corrected chi connectivity index (χ2v) is 4.53.